The van der Waals surface area contributed by atoms with Crippen LogP contribution in [0.25, 0.3) is 71.3 Å². The number of para-hydroxylation sites is 1. The van der Waals surface area contributed by atoms with Crippen molar-refractivity contribution < 1.29 is 8.83 Å². The van der Waals surface area contributed by atoms with Crippen LogP contribution >= 0.6 is 0 Å². The van der Waals surface area contributed by atoms with Crippen LogP contribution in [0.5, 0.6) is 0 Å². The van der Waals surface area contributed by atoms with Gasteiger partial charge in [-0.25, -0.2) is 4.98 Å². The van der Waals surface area contributed by atoms with Crippen molar-refractivity contribution in [2.24, 2.45) is 0 Å². The zero-order valence-electron chi connectivity index (χ0n) is 16.2. The summed E-state index contributed by atoms with van der Waals surface area (Å²) in [5.41, 5.74) is 6.11. The van der Waals surface area contributed by atoms with Crippen molar-refractivity contribution in [1.82, 2.24) is 14.4 Å². The molecule has 0 aliphatic carbocycles. The van der Waals surface area contributed by atoms with Crippen LogP contribution in [0.1, 0.15) is 0 Å². The first-order chi connectivity index (χ1) is 15.4. The molecule has 31 heavy (non-hydrogen) atoms. The molecule has 3 aromatic carbocycles. The third-order valence-corrected chi connectivity index (χ3v) is 6.31. The Labute approximate surface area is 174 Å². The molecule has 0 saturated carbocycles. The standard InChI is InChI=1S/C26H13N3O2/c1-2-6-21-14(4-1)15-7-8-16-18-12-19-20(13-22(18)31-25(16)24(15)30-21)29-11-10-28-26(29)17-5-3-9-27-23(17)19/h1-13H. The van der Waals surface area contributed by atoms with Crippen molar-refractivity contribution in [2.75, 3.05) is 0 Å². The predicted octanol–water partition coefficient (Wildman–Crippen LogP) is 6.83. The van der Waals surface area contributed by atoms with E-state index in [4.69, 9.17) is 8.83 Å². The monoisotopic (exact) mass is 399 g/mol. The molecule has 5 heteroatoms. The maximum atomic E-state index is 6.39. The molecular weight excluding hydrogens is 386 g/mol. The molecule has 8 aromatic rings. The Balaban J connectivity index is 1.61. The van der Waals surface area contributed by atoms with Crippen LogP contribution in [0.2, 0.25) is 0 Å². The molecule has 0 N–H and O–H groups in total. The lowest BCUT2D eigenvalue weighted by atomic mass is 10.1. The molecule has 5 aromatic heterocycles. The van der Waals surface area contributed by atoms with Gasteiger partial charge in [0, 0.05) is 57.0 Å². The second-order valence-electron chi connectivity index (χ2n) is 7.91. The van der Waals surface area contributed by atoms with E-state index >= 15 is 0 Å². The highest BCUT2D eigenvalue weighted by Gasteiger charge is 2.18. The summed E-state index contributed by atoms with van der Waals surface area (Å²) in [7, 11) is 0. The van der Waals surface area contributed by atoms with Crippen molar-refractivity contribution in [3.63, 3.8) is 0 Å². The van der Waals surface area contributed by atoms with E-state index in [9.17, 15) is 0 Å². The summed E-state index contributed by atoms with van der Waals surface area (Å²) in [4.78, 5) is 9.25. The Bertz CT molecular complexity index is 2010. The lowest BCUT2D eigenvalue weighted by Gasteiger charge is -2.07. The highest BCUT2D eigenvalue weighted by Crippen LogP contribution is 2.40. The van der Waals surface area contributed by atoms with Crippen molar-refractivity contribution in [3.05, 3.63) is 79.3 Å². The average Bonchev–Trinajstić information content (AvgIpc) is 3.53. The Hall–Kier alpha value is -4.38. The smallest absolute Gasteiger partial charge is 0.178 e. The number of aromatic nitrogens is 3. The summed E-state index contributed by atoms with van der Waals surface area (Å²) in [6, 6.07) is 20.6. The normalized spacial score (nSPS) is 12.5. The average molecular weight is 399 g/mol. The second kappa shape index (κ2) is 5.21. The molecule has 0 aliphatic heterocycles. The van der Waals surface area contributed by atoms with Crippen LogP contribution in [0, 0.1) is 0 Å². The van der Waals surface area contributed by atoms with E-state index in [1.807, 2.05) is 42.9 Å². The summed E-state index contributed by atoms with van der Waals surface area (Å²) >= 11 is 0. The van der Waals surface area contributed by atoms with Gasteiger partial charge in [-0.15, -0.1) is 0 Å². The van der Waals surface area contributed by atoms with Gasteiger partial charge in [-0.3, -0.25) is 9.38 Å². The number of furan rings is 2. The zero-order chi connectivity index (χ0) is 20.1. The SMILES string of the molecule is c1ccc2c(c1)oc1c2ccc2c3cc4c5ncccc5c5nccn5c4cc3oc21. The van der Waals surface area contributed by atoms with E-state index in [1.165, 1.54) is 0 Å². The van der Waals surface area contributed by atoms with Crippen LogP contribution in [0.3, 0.4) is 0 Å². The van der Waals surface area contributed by atoms with Crippen molar-refractivity contribution in [2.45, 2.75) is 0 Å². The minimum absolute atomic E-state index is 0.776. The summed E-state index contributed by atoms with van der Waals surface area (Å²) in [5.74, 6) is 0. The fourth-order valence-electron chi connectivity index (χ4n) is 4.94. The molecular formula is C26H13N3O2. The summed E-state index contributed by atoms with van der Waals surface area (Å²) in [5, 5.41) is 6.36. The predicted molar refractivity (Wildman–Crippen MR) is 123 cm³/mol. The van der Waals surface area contributed by atoms with Gasteiger partial charge in [0.25, 0.3) is 0 Å². The number of hydrogen-bond acceptors (Lipinski definition) is 4. The van der Waals surface area contributed by atoms with Crippen LogP contribution in [-0.2, 0) is 0 Å². The fourth-order valence-corrected chi connectivity index (χ4v) is 4.94. The highest BCUT2D eigenvalue weighted by atomic mass is 16.4. The maximum Gasteiger partial charge on any atom is 0.178 e. The zero-order valence-corrected chi connectivity index (χ0v) is 16.2. The first kappa shape index (κ1) is 15.5. The van der Waals surface area contributed by atoms with Gasteiger partial charge in [0.15, 0.2) is 11.2 Å². The molecule has 0 aliphatic rings. The fraction of sp³-hybridized carbons (Fsp3) is 0. The number of rotatable bonds is 0. The molecule has 5 heterocycles. The molecule has 0 spiro atoms. The van der Waals surface area contributed by atoms with Crippen molar-refractivity contribution in [3.8, 4) is 0 Å². The molecule has 0 saturated heterocycles. The lowest BCUT2D eigenvalue weighted by Crippen LogP contribution is -1.91. The summed E-state index contributed by atoms with van der Waals surface area (Å²) in [6.45, 7) is 0. The minimum atomic E-state index is 0.776. The number of fused-ring (bicyclic) bond motifs is 13. The van der Waals surface area contributed by atoms with Crippen LogP contribution in [0.15, 0.2) is 88.1 Å². The van der Waals surface area contributed by atoms with E-state index in [0.717, 1.165) is 71.3 Å². The first-order valence-electron chi connectivity index (χ1n) is 10.2. The number of nitrogens with zero attached hydrogens (tertiary/aromatic N) is 3. The van der Waals surface area contributed by atoms with E-state index in [2.05, 4.69) is 50.8 Å². The third kappa shape index (κ3) is 1.82. The molecule has 5 nitrogen and oxygen atoms in total. The Morgan fingerprint density at radius 3 is 2.35 bits per heavy atom. The third-order valence-electron chi connectivity index (χ3n) is 6.31. The van der Waals surface area contributed by atoms with Crippen molar-refractivity contribution >= 4 is 71.3 Å². The van der Waals surface area contributed by atoms with E-state index in [0.29, 0.717) is 0 Å². The number of benzene rings is 3. The van der Waals surface area contributed by atoms with Crippen LogP contribution in [-0.4, -0.2) is 14.4 Å². The Kier molecular flexibility index (Phi) is 2.60. The number of imidazole rings is 1. The molecule has 144 valence electrons. The van der Waals surface area contributed by atoms with Crippen molar-refractivity contribution in [1.29, 1.82) is 0 Å². The highest BCUT2D eigenvalue weighted by molar-refractivity contribution is 6.22. The van der Waals surface area contributed by atoms with E-state index in [-0.39, 0.29) is 0 Å². The van der Waals surface area contributed by atoms with Crippen LogP contribution in [0.4, 0.5) is 0 Å². The largest absolute Gasteiger partial charge is 0.452 e. The summed E-state index contributed by atoms with van der Waals surface area (Å²) in [6.07, 6.45) is 5.63. The van der Waals surface area contributed by atoms with Gasteiger partial charge in [0.05, 0.1) is 11.0 Å². The molecule has 8 rings (SSSR count). The van der Waals surface area contributed by atoms with Gasteiger partial charge >= 0.3 is 0 Å². The lowest BCUT2D eigenvalue weighted by molar-refractivity contribution is 0.633. The summed E-state index contributed by atoms with van der Waals surface area (Å²) < 4.78 is 14.7. The number of hydrogen-bond donors (Lipinski definition) is 0. The molecule has 0 radical (unpaired) electrons. The molecule has 0 amide bonds. The quantitative estimate of drug-likeness (QED) is 0.262. The van der Waals surface area contributed by atoms with Crippen LogP contribution < -0.4 is 0 Å². The molecule has 0 atom stereocenters. The van der Waals surface area contributed by atoms with E-state index < -0.39 is 0 Å². The molecule has 0 bridgehead atoms. The van der Waals surface area contributed by atoms with Gasteiger partial charge in [-0.05, 0) is 36.4 Å². The van der Waals surface area contributed by atoms with Gasteiger partial charge in [-0.1, -0.05) is 18.2 Å². The second-order valence-corrected chi connectivity index (χ2v) is 7.91. The van der Waals surface area contributed by atoms with Gasteiger partial charge in [0.2, 0.25) is 0 Å². The topological polar surface area (TPSA) is 56.5 Å². The van der Waals surface area contributed by atoms with E-state index in [1.54, 1.807) is 0 Å². The first-order valence-corrected chi connectivity index (χ1v) is 10.2. The number of pyridine rings is 2. The molecule has 0 unspecified atom stereocenters. The maximum absolute atomic E-state index is 6.39. The Morgan fingerprint density at radius 1 is 0.613 bits per heavy atom. The van der Waals surface area contributed by atoms with Gasteiger partial charge < -0.3 is 8.83 Å². The Morgan fingerprint density at radius 2 is 1.42 bits per heavy atom. The minimum Gasteiger partial charge on any atom is -0.452 e. The van der Waals surface area contributed by atoms with Gasteiger partial charge in [0.1, 0.15) is 16.8 Å². The van der Waals surface area contributed by atoms with Gasteiger partial charge in [-0.2, -0.15) is 0 Å². The molecule has 0 fully saturated rings.